The molecule has 0 spiro atoms. The van der Waals surface area contributed by atoms with Crippen molar-refractivity contribution >= 4 is 21.6 Å². The fourth-order valence-corrected chi connectivity index (χ4v) is 3.64. The van der Waals surface area contributed by atoms with E-state index in [1.54, 1.807) is 22.8 Å². The molecule has 0 bridgehead atoms. The highest BCUT2D eigenvalue weighted by molar-refractivity contribution is 9.10. The second-order valence-electron chi connectivity index (χ2n) is 6.05. The summed E-state index contributed by atoms with van der Waals surface area (Å²) in [6, 6.07) is 11.6. The van der Waals surface area contributed by atoms with Crippen molar-refractivity contribution in [3.05, 3.63) is 81.6 Å². The number of rotatable bonds is 2. The molecular formula is C19H15BrFN3O2. The minimum atomic E-state index is -1.71. The molecule has 4 rings (SSSR count). The summed E-state index contributed by atoms with van der Waals surface area (Å²) in [5.41, 5.74) is 3.08. The van der Waals surface area contributed by atoms with Crippen LogP contribution in [0.2, 0.25) is 0 Å². The lowest BCUT2D eigenvalue weighted by Crippen LogP contribution is -2.09. The van der Waals surface area contributed by atoms with Gasteiger partial charge in [0.1, 0.15) is 17.8 Å². The van der Waals surface area contributed by atoms with Crippen LogP contribution in [0, 0.1) is 5.82 Å². The van der Waals surface area contributed by atoms with Crippen molar-refractivity contribution in [2.75, 3.05) is 0 Å². The standard InChI is InChI=1S/C19H15BrFN3O2/c1-10-18-17(19(25)26)22-9-24(18)15-7-6-11(20)8-13(15)16(23-10)12-4-2-3-5-14(12)21/h2-10,19,25-26H,1H3/t10-/m1/s1. The quantitative estimate of drug-likeness (QED) is 0.627. The SMILES string of the molecule is C[C@H]1N=C(c2ccccc2F)c2cc(Br)ccc2-n2cnc(C(O)O)c21. The van der Waals surface area contributed by atoms with Crippen molar-refractivity contribution in [3.63, 3.8) is 0 Å². The zero-order valence-corrected chi connectivity index (χ0v) is 15.4. The largest absolute Gasteiger partial charge is 0.363 e. The Labute approximate surface area is 157 Å². The number of hydrogen-bond donors (Lipinski definition) is 2. The fourth-order valence-electron chi connectivity index (χ4n) is 3.28. The highest BCUT2D eigenvalue weighted by atomic mass is 79.9. The third-order valence-electron chi connectivity index (χ3n) is 4.40. The summed E-state index contributed by atoms with van der Waals surface area (Å²) < 4.78 is 17.1. The summed E-state index contributed by atoms with van der Waals surface area (Å²) in [5.74, 6) is -0.364. The van der Waals surface area contributed by atoms with Gasteiger partial charge in [-0.2, -0.15) is 0 Å². The number of nitrogens with zero attached hydrogens (tertiary/aromatic N) is 3. The van der Waals surface area contributed by atoms with E-state index >= 15 is 0 Å². The summed E-state index contributed by atoms with van der Waals surface area (Å²) in [6.07, 6.45) is -0.175. The number of aliphatic hydroxyl groups is 2. The average Bonchev–Trinajstić information content (AvgIpc) is 3.01. The second-order valence-corrected chi connectivity index (χ2v) is 6.97. The van der Waals surface area contributed by atoms with Gasteiger partial charge >= 0.3 is 0 Å². The molecule has 1 aliphatic heterocycles. The summed E-state index contributed by atoms with van der Waals surface area (Å²) in [4.78, 5) is 8.85. The molecule has 0 radical (unpaired) electrons. The molecule has 0 unspecified atom stereocenters. The molecule has 0 aliphatic carbocycles. The van der Waals surface area contributed by atoms with Gasteiger partial charge < -0.3 is 10.2 Å². The predicted octanol–water partition coefficient (Wildman–Crippen LogP) is 3.67. The molecule has 26 heavy (non-hydrogen) atoms. The number of aromatic nitrogens is 2. The molecule has 0 amide bonds. The number of halogens is 2. The Kier molecular flexibility index (Phi) is 4.22. The maximum absolute atomic E-state index is 14.5. The number of hydrogen-bond acceptors (Lipinski definition) is 4. The lowest BCUT2D eigenvalue weighted by atomic mass is 10.00. The van der Waals surface area contributed by atoms with Crippen LogP contribution in [-0.4, -0.2) is 25.5 Å². The Morgan fingerprint density at radius 3 is 2.65 bits per heavy atom. The highest BCUT2D eigenvalue weighted by Gasteiger charge is 2.28. The van der Waals surface area contributed by atoms with Gasteiger partial charge in [-0.15, -0.1) is 0 Å². The van der Waals surface area contributed by atoms with E-state index in [0.29, 0.717) is 17.0 Å². The van der Waals surface area contributed by atoms with Crippen LogP contribution in [0.5, 0.6) is 0 Å². The Morgan fingerprint density at radius 2 is 1.92 bits per heavy atom. The van der Waals surface area contributed by atoms with Crippen molar-refractivity contribution in [2.45, 2.75) is 19.3 Å². The predicted molar refractivity (Wildman–Crippen MR) is 98.9 cm³/mol. The minimum Gasteiger partial charge on any atom is -0.363 e. The average molecular weight is 416 g/mol. The van der Waals surface area contributed by atoms with Gasteiger partial charge in [-0.3, -0.25) is 9.56 Å². The first-order valence-electron chi connectivity index (χ1n) is 8.03. The van der Waals surface area contributed by atoms with Gasteiger partial charge in [0, 0.05) is 15.6 Å². The Balaban J connectivity index is 2.05. The third kappa shape index (κ3) is 2.68. The summed E-state index contributed by atoms with van der Waals surface area (Å²) in [5, 5.41) is 19.3. The summed E-state index contributed by atoms with van der Waals surface area (Å²) in [6.45, 7) is 1.82. The number of aliphatic hydroxyl groups excluding tert-OH is 1. The van der Waals surface area contributed by atoms with Crippen molar-refractivity contribution in [1.29, 1.82) is 0 Å². The van der Waals surface area contributed by atoms with E-state index in [1.807, 2.05) is 25.1 Å². The molecule has 2 aromatic carbocycles. The highest BCUT2D eigenvalue weighted by Crippen LogP contribution is 2.35. The molecule has 1 aliphatic rings. The van der Waals surface area contributed by atoms with Crippen LogP contribution in [0.25, 0.3) is 5.69 Å². The smallest absolute Gasteiger partial charge is 0.197 e. The lowest BCUT2D eigenvalue weighted by molar-refractivity contribution is -0.0464. The monoisotopic (exact) mass is 415 g/mol. The molecule has 0 saturated carbocycles. The minimum absolute atomic E-state index is 0.143. The first-order chi connectivity index (χ1) is 12.5. The Hall–Kier alpha value is -2.35. The number of imidazole rings is 1. The molecule has 2 heterocycles. The van der Waals surface area contributed by atoms with Crippen molar-refractivity contribution < 1.29 is 14.6 Å². The van der Waals surface area contributed by atoms with E-state index in [2.05, 4.69) is 20.9 Å². The summed E-state index contributed by atoms with van der Waals surface area (Å²) >= 11 is 3.46. The van der Waals surface area contributed by atoms with Crippen LogP contribution in [0.15, 0.2) is 58.3 Å². The molecule has 0 saturated heterocycles. The zero-order chi connectivity index (χ0) is 18.4. The lowest BCUT2D eigenvalue weighted by Gasteiger charge is -2.13. The van der Waals surface area contributed by atoms with Crippen molar-refractivity contribution in [3.8, 4) is 5.69 Å². The first kappa shape index (κ1) is 17.1. The molecule has 0 fully saturated rings. The first-order valence-corrected chi connectivity index (χ1v) is 8.83. The molecule has 1 aromatic heterocycles. The van der Waals surface area contributed by atoms with Crippen molar-refractivity contribution in [1.82, 2.24) is 9.55 Å². The molecule has 2 N–H and O–H groups in total. The van der Waals surface area contributed by atoms with Gasteiger partial charge in [0.25, 0.3) is 0 Å². The normalized spacial score (nSPS) is 16.1. The van der Waals surface area contributed by atoms with E-state index in [4.69, 9.17) is 4.99 Å². The van der Waals surface area contributed by atoms with Gasteiger partial charge in [-0.1, -0.05) is 28.1 Å². The van der Waals surface area contributed by atoms with Crippen LogP contribution in [0.4, 0.5) is 4.39 Å². The van der Waals surface area contributed by atoms with Crippen LogP contribution in [0.3, 0.4) is 0 Å². The molecule has 132 valence electrons. The van der Waals surface area contributed by atoms with Gasteiger partial charge in [0.2, 0.25) is 0 Å². The molecule has 1 atom stereocenters. The van der Waals surface area contributed by atoms with Crippen molar-refractivity contribution in [2.24, 2.45) is 4.99 Å². The number of benzene rings is 2. The van der Waals surface area contributed by atoms with E-state index < -0.39 is 12.3 Å². The van der Waals surface area contributed by atoms with Gasteiger partial charge in [-0.05, 0) is 37.3 Å². The summed E-state index contributed by atoms with van der Waals surface area (Å²) in [7, 11) is 0. The zero-order valence-electron chi connectivity index (χ0n) is 13.8. The molecule has 3 aromatic rings. The molecular weight excluding hydrogens is 401 g/mol. The van der Waals surface area contributed by atoms with Crippen LogP contribution < -0.4 is 0 Å². The number of fused-ring (bicyclic) bond motifs is 3. The van der Waals surface area contributed by atoms with Crippen LogP contribution in [0.1, 0.15) is 41.8 Å². The topological polar surface area (TPSA) is 70.6 Å². The van der Waals surface area contributed by atoms with Gasteiger partial charge in [0.15, 0.2) is 6.29 Å². The second kappa shape index (κ2) is 6.42. The van der Waals surface area contributed by atoms with E-state index in [9.17, 15) is 14.6 Å². The van der Waals surface area contributed by atoms with E-state index in [1.165, 1.54) is 12.4 Å². The fraction of sp³-hybridized carbons (Fsp3) is 0.158. The third-order valence-corrected chi connectivity index (χ3v) is 4.89. The van der Waals surface area contributed by atoms with Gasteiger partial charge in [0.05, 0.1) is 23.1 Å². The molecule has 7 heteroatoms. The van der Waals surface area contributed by atoms with E-state index in [0.717, 1.165) is 15.7 Å². The maximum Gasteiger partial charge on any atom is 0.197 e. The molecule has 5 nitrogen and oxygen atoms in total. The van der Waals surface area contributed by atoms with Crippen LogP contribution >= 0.6 is 15.9 Å². The Bertz CT molecular complexity index is 1030. The van der Waals surface area contributed by atoms with E-state index in [-0.39, 0.29) is 11.5 Å². The van der Waals surface area contributed by atoms with Gasteiger partial charge in [-0.25, -0.2) is 9.37 Å². The maximum atomic E-state index is 14.5. The Morgan fingerprint density at radius 1 is 1.15 bits per heavy atom. The number of aliphatic imine (C=N–C) groups is 1. The van der Waals surface area contributed by atoms with Crippen LogP contribution in [-0.2, 0) is 0 Å².